The molecule has 12 nitrogen and oxygen atoms in total. The molecule has 1 fully saturated rings. The van der Waals surface area contributed by atoms with Crippen molar-refractivity contribution in [3.63, 3.8) is 0 Å². The third-order valence-corrected chi connectivity index (χ3v) is 6.60. The van der Waals surface area contributed by atoms with E-state index in [2.05, 4.69) is 21.3 Å². The van der Waals surface area contributed by atoms with Crippen molar-refractivity contribution < 1.29 is 34.2 Å². The van der Waals surface area contributed by atoms with E-state index < -0.39 is 47.9 Å². The fraction of sp³-hybridized carbons (Fsp3) is 0.393. The number of primary amides is 1. The molecule has 1 aliphatic rings. The van der Waals surface area contributed by atoms with Gasteiger partial charge in [0, 0.05) is 19.3 Å². The fourth-order valence-corrected chi connectivity index (χ4v) is 4.41. The van der Waals surface area contributed by atoms with Crippen molar-refractivity contribution in [1.82, 2.24) is 21.3 Å². The first kappa shape index (κ1) is 30.1. The first-order chi connectivity index (χ1) is 19.1. The van der Waals surface area contributed by atoms with Gasteiger partial charge < -0.3 is 37.2 Å². The van der Waals surface area contributed by atoms with Crippen molar-refractivity contribution >= 4 is 29.6 Å². The number of nitrogens with two attached hydrogens (primary N) is 1. The van der Waals surface area contributed by atoms with Gasteiger partial charge in [0.2, 0.25) is 23.6 Å². The highest BCUT2D eigenvalue weighted by Gasteiger charge is 2.32. The molecule has 2 aromatic rings. The van der Waals surface area contributed by atoms with Crippen LogP contribution in [0.3, 0.4) is 0 Å². The first-order valence-corrected chi connectivity index (χ1v) is 13.1. The number of phenols is 1. The molecule has 1 aliphatic heterocycles. The van der Waals surface area contributed by atoms with Crippen LogP contribution in [0.15, 0.2) is 54.6 Å². The van der Waals surface area contributed by atoms with Crippen LogP contribution in [-0.4, -0.2) is 70.5 Å². The van der Waals surface area contributed by atoms with Crippen LogP contribution in [0, 0.1) is 0 Å². The van der Waals surface area contributed by atoms with E-state index in [0.717, 1.165) is 6.42 Å². The summed E-state index contributed by atoms with van der Waals surface area (Å²) >= 11 is 0. The Morgan fingerprint density at radius 1 is 0.850 bits per heavy atom. The minimum atomic E-state index is -1.39. The Morgan fingerprint density at radius 2 is 1.43 bits per heavy atom. The van der Waals surface area contributed by atoms with E-state index in [4.69, 9.17) is 5.73 Å². The van der Waals surface area contributed by atoms with E-state index >= 15 is 0 Å². The Morgan fingerprint density at radius 3 is 1.98 bits per heavy atom. The second kappa shape index (κ2) is 14.6. The first-order valence-electron chi connectivity index (χ1n) is 13.1. The molecular weight excluding hydrogens is 518 g/mol. The van der Waals surface area contributed by atoms with Gasteiger partial charge in [-0.15, -0.1) is 0 Å². The molecule has 0 spiro atoms. The molecular formula is C28H35N5O7. The summed E-state index contributed by atoms with van der Waals surface area (Å²) in [7, 11) is 0. The summed E-state index contributed by atoms with van der Waals surface area (Å²) in [5.41, 5.74) is 6.51. The number of aliphatic carboxylic acids is 1. The number of carbonyl (C=O) groups is 5. The highest BCUT2D eigenvalue weighted by molar-refractivity contribution is 5.94. The van der Waals surface area contributed by atoms with Gasteiger partial charge in [0.25, 0.3) is 0 Å². The summed E-state index contributed by atoms with van der Waals surface area (Å²) in [6, 6.07) is 10.9. The van der Waals surface area contributed by atoms with Gasteiger partial charge in [-0.25, -0.2) is 4.79 Å². The number of hydrogen-bond donors (Lipinski definition) is 7. The Kier molecular flexibility index (Phi) is 11.0. The number of aromatic hydroxyl groups is 1. The number of carboxylic acid groups (broad SMARTS) is 1. The zero-order chi connectivity index (χ0) is 29.1. The van der Waals surface area contributed by atoms with Crippen LogP contribution in [0.4, 0.5) is 0 Å². The van der Waals surface area contributed by atoms with Crippen molar-refractivity contribution in [3.05, 3.63) is 65.7 Å². The zero-order valence-corrected chi connectivity index (χ0v) is 22.0. The predicted molar refractivity (Wildman–Crippen MR) is 145 cm³/mol. The fourth-order valence-electron chi connectivity index (χ4n) is 4.41. The number of rotatable bonds is 14. The smallest absolute Gasteiger partial charge is 0.326 e. The van der Waals surface area contributed by atoms with Crippen LogP contribution in [0.5, 0.6) is 5.75 Å². The molecule has 4 unspecified atom stereocenters. The molecule has 0 aliphatic carbocycles. The summed E-state index contributed by atoms with van der Waals surface area (Å²) in [5, 5.41) is 30.1. The minimum Gasteiger partial charge on any atom is -0.508 e. The van der Waals surface area contributed by atoms with Crippen molar-refractivity contribution in [2.24, 2.45) is 5.73 Å². The summed E-state index contributed by atoms with van der Waals surface area (Å²) < 4.78 is 0. The highest BCUT2D eigenvalue weighted by atomic mass is 16.4. The maximum Gasteiger partial charge on any atom is 0.326 e. The van der Waals surface area contributed by atoms with Gasteiger partial charge in [-0.1, -0.05) is 42.5 Å². The van der Waals surface area contributed by atoms with Crippen molar-refractivity contribution in [2.75, 3.05) is 6.54 Å². The third kappa shape index (κ3) is 9.38. The van der Waals surface area contributed by atoms with Gasteiger partial charge in [-0.05, 0) is 49.1 Å². The molecule has 214 valence electrons. The molecule has 0 bridgehead atoms. The van der Waals surface area contributed by atoms with Gasteiger partial charge in [0.15, 0.2) is 0 Å². The second-order valence-electron chi connectivity index (χ2n) is 9.74. The van der Waals surface area contributed by atoms with Crippen molar-refractivity contribution in [3.8, 4) is 5.75 Å². The maximum absolute atomic E-state index is 13.6. The monoisotopic (exact) mass is 553 g/mol. The van der Waals surface area contributed by atoms with Crippen LogP contribution < -0.4 is 27.0 Å². The average molecular weight is 554 g/mol. The summed E-state index contributed by atoms with van der Waals surface area (Å²) in [5.74, 6) is -3.76. The van der Waals surface area contributed by atoms with Gasteiger partial charge >= 0.3 is 5.97 Å². The third-order valence-electron chi connectivity index (χ3n) is 6.60. The molecule has 12 heteroatoms. The number of carbonyl (C=O) groups excluding carboxylic acids is 4. The highest BCUT2D eigenvalue weighted by Crippen LogP contribution is 2.13. The lowest BCUT2D eigenvalue weighted by Crippen LogP contribution is -2.58. The quantitative estimate of drug-likeness (QED) is 0.166. The minimum absolute atomic E-state index is 0.0463. The zero-order valence-electron chi connectivity index (χ0n) is 22.0. The Labute approximate surface area is 231 Å². The number of phenolic OH excluding ortho intramolecular Hbond substituents is 1. The second-order valence-corrected chi connectivity index (χ2v) is 9.74. The van der Waals surface area contributed by atoms with Crippen molar-refractivity contribution in [2.45, 2.75) is 62.7 Å². The van der Waals surface area contributed by atoms with Crippen LogP contribution in [-0.2, 0) is 36.8 Å². The predicted octanol–water partition coefficient (Wildman–Crippen LogP) is -0.266. The molecule has 3 rings (SSSR count). The van der Waals surface area contributed by atoms with E-state index in [1.54, 1.807) is 42.5 Å². The number of benzene rings is 2. The molecule has 0 radical (unpaired) electrons. The normalized spacial score (nSPS) is 16.8. The topological polar surface area (TPSA) is 200 Å². The Hall–Kier alpha value is -4.45. The number of nitrogens with one attached hydrogen (secondary N) is 4. The molecule has 2 aromatic carbocycles. The lowest BCUT2D eigenvalue weighted by atomic mass is 10.0. The Balaban J connectivity index is 1.81. The summed E-state index contributed by atoms with van der Waals surface area (Å²) in [4.78, 5) is 62.6. The van der Waals surface area contributed by atoms with E-state index in [1.807, 2.05) is 0 Å². The van der Waals surface area contributed by atoms with Crippen LogP contribution in [0.2, 0.25) is 0 Å². The SMILES string of the molecule is NC(=O)CCC(NC(=O)C(Cc1ccccc1)NC(=O)C(Cc1ccc(O)cc1)NC(=O)C1CCCN1)C(=O)O. The summed E-state index contributed by atoms with van der Waals surface area (Å²) in [6.07, 6.45) is 1.12. The van der Waals surface area contributed by atoms with E-state index in [-0.39, 0.29) is 37.3 Å². The van der Waals surface area contributed by atoms with Gasteiger partial charge in [-0.3, -0.25) is 19.2 Å². The molecule has 1 heterocycles. The molecule has 4 atom stereocenters. The van der Waals surface area contributed by atoms with Gasteiger partial charge in [0.1, 0.15) is 23.9 Å². The molecule has 8 N–H and O–H groups in total. The molecule has 0 saturated carbocycles. The number of amides is 4. The lowest BCUT2D eigenvalue weighted by molar-refractivity contribution is -0.142. The largest absolute Gasteiger partial charge is 0.508 e. The summed E-state index contributed by atoms with van der Waals surface area (Å²) in [6.45, 7) is 0.687. The Bertz CT molecular complexity index is 1180. The van der Waals surface area contributed by atoms with Crippen LogP contribution in [0.1, 0.15) is 36.8 Å². The van der Waals surface area contributed by atoms with E-state index in [9.17, 15) is 34.2 Å². The van der Waals surface area contributed by atoms with Gasteiger partial charge in [-0.2, -0.15) is 0 Å². The van der Waals surface area contributed by atoms with Crippen LogP contribution >= 0.6 is 0 Å². The molecule has 40 heavy (non-hydrogen) atoms. The van der Waals surface area contributed by atoms with Crippen molar-refractivity contribution in [1.29, 1.82) is 0 Å². The number of hydrogen-bond acceptors (Lipinski definition) is 7. The maximum atomic E-state index is 13.6. The standard InChI is InChI=1S/C28H35N5O7/c29-24(35)13-12-21(28(39)40)31-26(37)22(15-17-5-2-1-3-6-17)33-27(38)23(16-18-8-10-19(34)11-9-18)32-25(36)20-7-4-14-30-20/h1-3,5-6,8-11,20-23,30,34H,4,7,12-16H2,(H2,29,35)(H,31,37)(H,32,36)(H,33,38)(H,39,40). The van der Waals surface area contributed by atoms with E-state index in [1.165, 1.54) is 12.1 Å². The van der Waals surface area contributed by atoms with Crippen LogP contribution in [0.25, 0.3) is 0 Å². The molecule has 1 saturated heterocycles. The van der Waals surface area contributed by atoms with E-state index in [0.29, 0.717) is 24.1 Å². The molecule has 0 aromatic heterocycles. The number of carboxylic acids is 1. The lowest BCUT2D eigenvalue weighted by Gasteiger charge is -2.25. The average Bonchev–Trinajstić information content (AvgIpc) is 3.47. The molecule has 4 amide bonds. The van der Waals surface area contributed by atoms with Gasteiger partial charge in [0.05, 0.1) is 6.04 Å².